The molecule has 6 heteroatoms. The number of rotatable bonds is 7. The molecule has 1 N–H and O–H groups in total. The van der Waals surface area contributed by atoms with E-state index in [9.17, 15) is 8.42 Å². The summed E-state index contributed by atoms with van der Waals surface area (Å²) in [7, 11) is -2.02. The van der Waals surface area contributed by atoms with Gasteiger partial charge < -0.3 is 9.47 Å². The van der Waals surface area contributed by atoms with Crippen molar-refractivity contribution < 1.29 is 17.9 Å². The Morgan fingerprint density at radius 3 is 2.41 bits per heavy atom. The quantitative estimate of drug-likeness (QED) is 0.851. The molecule has 0 fully saturated rings. The molecule has 22 heavy (non-hydrogen) atoms. The molecule has 0 atom stereocenters. The Hall–Kier alpha value is -2.05. The fourth-order valence-corrected chi connectivity index (χ4v) is 2.95. The van der Waals surface area contributed by atoms with Gasteiger partial charge in [-0.2, -0.15) is 0 Å². The summed E-state index contributed by atoms with van der Waals surface area (Å²) >= 11 is 0. The van der Waals surface area contributed by atoms with Gasteiger partial charge in [0.2, 0.25) is 10.0 Å². The summed E-state index contributed by atoms with van der Waals surface area (Å²) in [6.07, 6.45) is 0. The van der Waals surface area contributed by atoms with Crippen LogP contribution < -0.4 is 14.2 Å². The summed E-state index contributed by atoms with van der Waals surface area (Å²) < 4.78 is 37.5. The molecule has 0 aliphatic heterocycles. The maximum Gasteiger partial charge on any atom is 0.240 e. The van der Waals surface area contributed by atoms with Crippen molar-refractivity contribution in [1.29, 1.82) is 0 Å². The minimum absolute atomic E-state index is 0.203. The van der Waals surface area contributed by atoms with Crippen LogP contribution in [0, 0.1) is 0 Å². The second kappa shape index (κ2) is 7.29. The van der Waals surface area contributed by atoms with Gasteiger partial charge in [0.15, 0.2) is 0 Å². The minimum Gasteiger partial charge on any atom is -0.497 e. The molecule has 5 nitrogen and oxygen atoms in total. The van der Waals surface area contributed by atoms with E-state index in [-0.39, 0.29) is 11.4 Å². The average molecular weight is 321 g/mol. The van der Waals surface area contributed by atoms with Gasteiger partial charge in [-0.05, 0) is 48.9 Å². The molecule has 0 spiro atoms. The van der Waals surface area contributed by atoms with Crippen LogP contribution >= 0.6 is 0 Å². The molecule has 118 valence electrons. The molecule has 0 bridgehead atoms. The summed E-state index contributed by atoms with van der Waals surface area (Å²) in [6, 6.07) is 13.6. The van der Waals surface area contributed by atoms with Crippen LogP contribution in [0.1, 0.15) is 12.5 Å². The van der Waals surface area contributed by atoms with Crippen molar-refractivity contribution in [2.45, 2.75) is 18.4 Å². The first-order valence-corrected chi connectivity index (χ1v) is 8.39. The van der Waals surface area contributed by atoms with Crippen molar-refractivity contribution in [2.24, 2.45) is 0 Å². The highest BCUT2D eigenvalue weighted by Crippen LogP contribution is 2.17. The molecule has 0 aliphatic rings. The highest BCUT2D eigenvalue weighted by atomic mass is 32.2. The van der Waals surface area contributed by atoms with Gasteiger partial charge in [-0.25, -0.2) is 13.1 Å². The second-order valence-corrected chi connectivity index (χ2v) is 6.35. The molecule has 0 saturated carbocycles. The third-order valence-electron chi connectivity index (χ3n) is 3.05. The highest BCUT2D eigenvalue weighted by Gasteiger charge is 2.13. The lowest BCUT2D eigenvalue weighted by atomic mass is 10.2. The van der Waals surface area contributed by atoms with Crippen molar-refractivity contribution in [3.05, 3.63) is 54.1 Å². The normalized spacial score (nSPS) is 11.2. The van der Waals surface area contributed by atoms with E-state index in [1.165, 1.54) is 19.2 Å². The van der Waals surface area contributed by atoms with Gasteiger partial charge in [-0.1, -0.05) is 12.1 Å². The van der Waals surface area contributed by atoms with Crippen LogP contribution in [0.2, 0.25) is 0 Å². The molecule has 0 aliphatic carbocycles. The summed E-state index contributed by atoms with van der Waals surface area (Å²) in [4.78, 5) is 0.203. The smallest absolute Gasteiger partial charge is 0.240 e. The van der Waals surface area contributed by atoms with Crippen LogP contribution in [0.5, 0.6) is 11.5 Å². The molecule has 2 aromatic rings. The van der Waals surface area contributed by atoms with E-state index in [1.54, 1.807) is 12.1 Å². The van der Waals surface area contributed by atoms with E-state index in [0.29, 0.717) is 12.4 Å². The zero-order valence-electron chi connectivity index (χ0n) is 12.6. The average Bonchev–Trinajstić information content (AvgIpc) is 2.54. The molecule has 2 aromatic carbocycles. The Kier molecular flexibility index (Phi) is 5.41. The Morgan fingerprint density at radius 2 is 1.77 bits per heavy atom. The number of methoxy groups -OCH3 is 1. The lowest BCUT2D eigenvalue weighted by Gasteiger charge is -2.09. The minimum atomic E-state index is -3.55. The maximum absolute atomic E-state index is 12.2. The Balaban J connectivity index is 2.07. The number of nitrogens with one attached hydrogen (secondary N) is 1. The van der Waals surface area contributed by atoms with E-state index in [1.807, 2.05) is 31.2 Å². The van der Waals surface area contributed by atoms with Crippen molar-refractivity contribution in [3.63, 3.8) is 0 Å². The van der Waals surface area contributed by atoms with Crippen molar-refractivity contribution in [2.75, 3.05) is 13.7 Å². The number of benzene rings is 2. The van der Waals surface area contributed by atoms with E-state index in [4.69, 9.17) is 9.47 Å². The number of ether oxygens (including phenoxy) is 2. The number of hydrogen-bond acceptors (Lipinski definition) is 4. The van der Waals surface area contributed by atoms with Crippen LogP contribution in [-0.4, -0.2) is 22.1 Å². The van der Waals surface area contributed by atoms with E-state index >= 15 is 0 Å². The topological polar surface area (TPSA) is 64.6 Å². The predicted molar refractivity (Wildman–Crippen MR) is 84.6 cm³/mol. The molecule has 0 radical (unpaired) electrons. The zero-order chi connectivity index (χ0) is 16.0. The highest BCUT2D eigenvalue weighted by molar-refractivity contribution is 7.89. The SMILES string of the molecule is CCOc1cccc(CNS(=O)(=O)c2ccc(OC)cc2)c1. The van der Waals surface area contributed by atoms with Gasteiger partial charge in [0.1, 0.15) is 11.5 Å². The van der Waals surface area contributed by atoms with Gasteiger partial charge in [0.25, 0.3) is 0 Å². The molecular formula is C16H19NO4S. The molecule has 0 aromatic heterocycles. The monoisotopic (exact) mass is 321 g/mol. The van der Waals surface area contributed by atoms with Gasteiger partial charge in [-0.15, -0.1) is 0 Å². The zero-order valence-corrected chi connectivity index (χ0v) is 13.4. The fourth-order valence-electron chi connectivity index (χ4n) is 1.93. The standard InChI is InChI=1S/C16H19NO4S/c1-3-21-15-6-4-5-13(11-15)12-17-22(18,19)16-9-7-14(20-2)8-10-16/h4-11,17H,3,12H2,1-2H3. The Bertz CT molecular complexity index is 711. The maximum atomic E-state index is 12.2. The van der Waals surface area contributed by atoms with Crippen LogP contribution in [0.3, 0.4) is 0 Å². The summed E-state index contributed by atoms with van der Waals surface area (Å²) in [5, 5.41) is 0. The lowest BCUT2D eigenvalue weighted by Crippen LogP contribution is -2.23. The van der Waals surface area contributed by atoms with Crippen molar-refractivity contribution >= 4 is 10.0 Å². The van der Waals surface area contributed by atoms with Gasteiger partial charge in [0.05, 0.1) is 18.6 Å². The summed E-state index contributed by atoms with van der Waals surface area (Å²) in [5.41, 5.74) is 0.836. The molecule has 2 rings (SSSR count). The van der Waals surface area contributed by atoms with E-state index < -0.39 is 10.0 Å². The van der Waals surface area contributed by atoms with Crippen LogP contribution in [0.25, 0.3) is 0 Å². The molecule has 0 amide bonds. The first-order chi connectivity index (χ1) is 10.5. The lowest BCUT2D eigenvalue weighted by molar-refractivity contribution is 0.340. The van der Waals surface area contributed by atoms with Gasteiger partial charge >= 0.3 is 0 Å². The van der Waals surface area contributed by atoms with E-state index in [0.717, 1.165) is 11.3 Å². The Labute approximate surface area is 130 Å². The third-order valence-corrected chi connectivity index (χ3v) is 4.46. The van der Waals surface area contributed by atoms with Gasteiger partial charge in [0, 0.05) is 6.54 Å². The van der Waals surface area contributed by atoms with Crippen LogP contribution in [-0.2, 0) is 16.6 Å². The second-order valence-electron chi connectivity index (χ2n) is 4.58. The molecule has 0 heterocycles. The van der Waals surface area contributed by atoms with Gasteiger partial charge in [-0.3, -0.25) is 0 Å². The van der Waals surface area contributed by atoms with Crippen molar-refractivity contribution in [1.82, 2.24) is 4.72 Å². The van der Waals surface area contributed by atoms with Crippen LogP contribution in [0.4, 0.5) is 0 Å². The Morgan fingerprint density at radius 1 is 1.05 bits per heavy atom. The first kappa shape index (κ1) is 16.3. The third kappa shape index (κ3) is 4.22. The predicted octanol–water partition coefficient (Wildman–Crippen LogP) is 2.57. The largest absolute Gasteiger partial charge is 0.497 e. The van der Waals surface area contributed by atoms with E-state index in [2.05, 4.69) is 4.72 Å². The van der Waals surface area contributed by atoms with Crippen LogP contribution in [0.15, 0.2) is 53.4 Å². The molecular weight excluding hydrogens is 302 g/mol. The van der Waals surface area contributed by atoms with Crippen molar-refractivity contribution in [3.8, 4) is 11.5 Å². The molecule has 0 saturated heterocycles. The first-order valence-electron chi connectivity index (χ1n) is 6.90. The number of sulfonamides is 1. The summed E-state index contributed by atoms with van der Waals surface area (Å²) in [5.74, 6) is 1.34. The number of hydrogen-bond donors (Lipinski definition) is 1. The fraction of sp³-hybridized carbons (Fsp3) is 0.250. The molecule has 0 unspecified atom stereocenters. The summed E-state index contributed by atoms with van der Waals surface area (Å²) in [6.45, 7) is 2.68.